The number of carbonyl (C=O) groups excluding carboxylic acids is 1. The van der Waals surface area contributed by atoms with E-state index in [1.54, 1.807) is 13.2 Å². The molecule has 3 fully saturated rings. The average molecular weight is 592 g/mol. The highest BCUT2D eigenvalue weighted by atomic mass is 19.4. The Balaban J connectivity index is 1.14. The van der Waals surface area contributed by atoms with Crippen LogP contribution in [0.3, 0.4) is 0 Å². The van der Waals surface area contributed by atoms with Crippen molar-refractivity contribution in [1.82, 2.24) is 20.2 Å². The molecule has 0 bridgehead atoms. The van der Waals surface area contributed by atoms with Gasteiger partial charge in [0.15, 0.2) is 0 Å². The molecular formula is C30H40F3N5O4. The number of aromatic nitrogens is 2. The second-order valence-electron chi connectivity index (χ2n) is 11.4. The zero-order valence-corrected chi connectivity index (χ0v) is 24.2. The van der Waals surface area contributed by atoms with Gasteiger partial charge in [0, 0.05) is 51.0 Å². The molecule has 12 heteroatoms. The highest BCUT2D eigenvalue weighted by Gasteiger charge is 2.33. The number of benzene rings is 1. The fraction of sp³-hybridized carbons (Fsp3) is 0.633. The third kappa shape index (κ3) is 7.39. The van der Waals surface area contributed by atoms with Crippen LogP contribution in [-0.2, 0) is 20.4 Å². The molecule has 5 rings (SSSR count). The third-order valence-electron chi connectivity index (χ3n) is 8.56. The molecule has 1 amide bonds. The van der Waals surface area contributed by atoms with E-state index >= 15 is 0 Å². The Morgan fingerprint density at radius 3 is 2.71 bits per heavy atom. The van der Waals surface area contributed by atoms with Crippen molar-refractivity contribution < 1.29 is 32.2 Å². The maximum absolute atomic E-state index is 13.4. The Hall–Kier alpha value is -2.80. The Labute approximate surface area is 244 Å². The van der Waals surface area contributed by atoms with Gasteiger partial charge in [-0.3, -0.25) is 4.79 Å². The minimum absolute atomic E-state index is 0.0403. The van der Waals surface area contributed by atoms with Crippen LogP contribution in [-0.4, -0.2) is 85.0 Å². The van der Waals surface area contributed by atoms with Crippen molar-refractivity contribution >= 4 is 11.7 Å². The number of carbonyl (C=O) groups is 1. The molecule has 1 aromatic carbocycles. The molecule has 2 N–H and O–H groups in total. The summed E-state index contributed by atoms with van der Waals surface area (Å²) < 4.78 is 56.9. The van der Waals surface area contributed by atoms with Gasteiger partial charge in [-0.25, -0.2) is 9.97 Å². The molecule has 230 valence electrons. The second kappa shape index (κ2) is 13.7. The monoisotopic (exact) mass is 591 g/mol. The van der Waals surface area contributed by atoms with Crippen LogP contribution < -0.4 is 10.6 Å². The van der Waals surface area contributed by atoms with E-state index in [1.165, 1.54) is 18.5 Å². The number of rotatable bonds is 8. The van der Waals surface area contributed by atoms with Gasteiger partial charge in [-0.2, -0.15) is 13.2 Å². The van der Waals surface area contributed by atoms with Crippen LogP contribution >= 0.6 is 0 Å². The number of alkyl halides is 3. The van der Waals surface area contributed by atoms with E-state index in [2.05, 4.69) is 20.6 Å². The van der Waals surface area contributed by atoms with Crippen LogP contribution in [0.15, 0.2) is 30.6 Å². The molecule has 3 aliphatic heterocycles. The number of nitrogens with one attached hydrogen (secondary N) is 2. The summed E-state index contributed by atoms with van der Waals surface area (Å²) in [5, 5.41) is 7.00. The van der Waals surface area contributed by atoms with Crippen LogP contribution in [0, 0.1) is 6.92 Å². The normalized spacial score (nSPS) is 25.8. The van der Waals surface area contributed by atoms with Gasteiger partial charge in [-0.1, -0.05) is 12.1 Å². The number of hydrogen-bond donors (Lipinski definition) is 2. The van der Waals surface area contributed by atoms with E-state index in [1.807, 2.05) is 11.8 Å². The Morgan fingerprint density at radius 2 is 1.95 bits per heavy atom. The van der Waals surface area contributed by atoms with Crippen molar-refractivity contribution in [3.63, 3.8) is 0 Å². The SMILES string of the molecule is CO[C@H]1COCC[C@H]1NC1CCN(C(=O)c2ncnc(NC[C@@H]3CCC[C@H](c4cccc(C(F)(F)F)c4)O3)c2C)CC1. The number of likely N-dealkylation sites (tertiary alicyclic amines) is 1. The van der Waals surface area contributed by atoms with E-state index in [9.17, 15) is 18.0 Å². The molecule has 0 spiro atoms. The number of halogens is 3. The largest absolute Gasteiger partial charge is 0.416 e. The summed E-state index contributed by atoms with van der Waals surface area (Å²) in [6.07, 6.45) is 1.32. The molecule has 0 radical (unpaired) electrons. The minimum Gasteiger partial charge on any atom is -0.379 e. The van der Waals surface area contributed by atoms with Gasteiger partial charge in [0.25, 0.3) is 5.91 Å². The van der Waals surface area contributed by atoms with Crippen molar-refractivity contribution in [2.24, 2.45) is 0 Å². The molecule has 0 saturated carbocycles. The van der Waals surface area contributed by atoms with Crippen LogP contribution in [0.25, 0.3) is 0 Å². The summed E-state index contributed by atoms with van der Waals surface area (Å²) in [6, 6.07) is 5.92. The maximum Gasteiger partial charge on any atom is 0.416 e. The van der Waals surface area contributed by atoms with Crippen molar-refractivity contribution in [2.75, 3.05) is 45.3 Å². The molecule has 0 aliphatic carbocycles. The summed E-state index contributed by atoms with van der Waals surface area (Å²) in [4.78, 5) is 23.9. The smallest absolute Gasteiger partial charge is 0.379 e. The molecular weight excluding hydrogens is 551 g/mol. The fourth-order valence-electron chi connectivity index (χ4n) is 6.10. The van der Waals surface area contributed by atoms with Crippen molar-refractivity contribution in [1.29, 1.82) is 0 Å². The number of piperidine rings is 1. The summed E-state index contributed by atoms with van der Waals surface area (Å²) in [7, 11) is 1.71. The third-order valence-corrected chi connectivity index (χ3v) is 8.56. The first kappa shape index (κ1) is 30.7. The van der Waals surface area contributed by atoms with Crippen LogP contribution in [0.4, 0.5) is 19.0 Å². The predicted octanol–water partition coefficient (Wildman–Crippen LogP) is 4.52. The molecule has 0 unspecified atom stereocenters. The topological polar surface area (TPSA) is 97.8 Å². The fourth-order valence-corrected chi connectivity index (χ4v) is 6.10. The van der Waals surface area contributed by atoms with Crippen molar-refractivity contribution in [3.8, 4) is 0 Å². The highest BCUT2D eigenvalue weighted by Crippen LogP contribution is 2.35. The van der Waals surface area contributed by atoms with Gasteiger partial charge >= 0.3 is 6.18 Å². The molecule has 2 aromatic rings. The zero-order valence-electron chi connectivity index (χ0n) is 24.2. The molecule has 3 saturated heterocycles. The lowest BCUT2D eigenvalue weighted by molar-refractivity contribution is -0.137. The summed E-state index contributed by atoms with van der Waals surface area (Å²) in [6.45, 7) is 4.84. The van der Waals surface area contributed by atoms with E-state index in [4.69, 9.17) is 14.2 Å². The Kier molecular flexibility index (Phi) is 9.97. The quantitative estimate of drug-likeness (QED) is 0.463. The van der Waals surface area contributed by atoms with Crippen LogP contribution in [0.5, 0.6) is 0 Å². The number of ether oxygens (including phenoxy) is 3. The van der Waals surface area contributed by atoms with E-state index in [0.717, 1.165) is 44.8 Å². The lowest BCUT2D eigenvalue weighted by Crippen LogP contribution is -2.54. The first-order valence-corrected chi connectivity index (χ1v) is 14.8. The summed E-state index contributed by atoms with van der Waals surface area (Å²) >= 11 is 0. The molecule has 42 heavy (non-hydrogen) atoms. The minimum atomic E-state index is -4.39. The van der Waals surface area contributed by atoms with Crippen LogP contribution in [0.2, 0.25) is 0 Å². The van der Waals surface area contributed by atoms with Crippen LogP contribution in [0.1, 0.15) is 71.8 Å². The molecule has 4 heterocycles. The molecule has 1 aromatic heterocycles. The van der Waals surface area contributed by atoms with Crippen molar-refractivity contribution in [3.05, 3.63) is 53.0 Å². The number of hydrogen-bond acceptors (Lipinski definition) is 8. The van der Waals surface area contributed by atoms with Gasteiger partial charge in [0.05, 0.1) is 30.5 Å². The van der Waals surface area contributed by atoms with Gasteiger partial charge in [-0.05, 0) is 63.1 Å². The molecule has 9 nitrogen and oxygen atoms in total. The lowest BCUT2D eigenvalue weighted by Gasteiger charge is -2.38. The summed E-state index contributed by atoms with van der Waals surface area (Å²) in [5.74, 6) is 0.440. The highest BCUT2D eigenvalue weighted by molar-refractivity contribution is 5.94. The van der Waals surface area contributed by atoms with Crippen molar-refractivity contribution in [2.45, 2.75) is 82.0 Å². The van der Waals surface area contributed by atoms with Gasteiger partial charge < -0.3 is 29.7 Å². The van der Waals surface area contributed by atoms with Gasteiger partial charge in [0.1, 0.15) is 17.8 Å². The number of methoxy groups -OCH3 is 1. The Bertz CT molecular complexity index is 1210. The Morgan fingerprint density at radius 1 is 1.14 bits per heavy atom. The van der Waals surface area contributed by atoms with Gasteiger partial charge in [-0.15, -0.1) is 0 Å². The predicted molar refractivity (Wildman–Crippen MR) is 150 cm³/mol. The molecule has 3 aliphatic rings. The van der Waals surface area contributed by atoms with E-state index in [-0.39, 0.29) is 24.2 Å². The first-order valence-electron chi connectivity index (χ1n) is 14.8. The number of anilines is 1. The maximum atomic E-state index is 13.4. The number of amides is 1. The average Bonchev–Trinajstić information content (AvgIpc) is 3.01. The van der Waals surface area contributed by atoms with E-state index in [0.29, 0.717) is 61.3 Å². The summed E-state index contributed by atoms with van der Waals surface area (Å²) in [5.41, 5.74) is 0.899. The zero-order chi connectivity index (χ0) is 29.7. The second-order valence-corrected chi connectivity index (χ2v) is 11.4. The van der Waals surface area contributed by atoms with E-state index < -0.39 is 17.8 Å². The standard InChI is InChI=1S/C30H40F3N5O4/c1-19-27(29(39)38-12-9-22(10-13-38)37-24-11-14-41-17-26(24)40-2)35-18-36-28(19)34-16-23-7-4-8-25(42-23)20-5-3-6-21(15-20)30(31,32)33/h3,5-6,15,18,22-26,37H,4,7-14,16-17H2,1-2H3,(H,34,35,36)/t23-,24+,25+,26-/m0/s1. The van der Waals surface area contributed by atoms with Gasteiger partial charge in [0.2, 0.25) is 0 Å². The first-order chi connectivity index (χ1) is 20.2. The number of nitrogens with zero attached hydrogens (tertiary/aromatic N) is 3. The molecule has 4 atom stereocenters. The lowest BCUT2D eigenvalue weighted by atomic mass is 9.97.